The summed E-state index contributed by atoms with van der Waals surface area (Å²) in [6.07, 6.45) is 1.56. The number of fused-ring (bicyclic) bond motifs is 1. The van der Waals surface area contributed by atoms with Gasteiger partial charge >= 0.3 is 0 Å². The Kier molecular flexibility index (Phi) is 5.03. The zero-order valence-corrected chi connectivity index (χ0v) is 17.4. The summed E-state index contributed by atoms with van der Waals surface area (Å²) in [5.74, 6) is 2.64. The van der Waals surface area contributed by atoms with Crippen LogP contribution in [0, 0.1) is 24.7 Å². The van der Waals surface area contributed by atoms with Crippen LogP contribution in [0.2, 0.25) is 0 Å². The first-order valence-corrected chi connectivity index (χ1v) is 10.3. The molecular formula is C23H28N4O2. The number of benzene rings is 1. The molecule has 1 saturated carbocycles. The summed E-state index contributed by atoms with van der Waals surface area (Å²) in [5, 5.41) is 6.13. The highest BCUT2D eigenvalue weighted by Gasteiger charge is 2.53. The van der Waals surface area contributed by atoms with E-state index in [1.165, 1.54) is 0 Å². The maximum atomic E-state index is 12.9. The molecule has 0 bridgehead atoms. The van der Waals surface area contributed by atoms with E-state index in [9.17, 15) is 9.59 Å². The number of pyridine rings is 1. The summed E-state index contributed by atoms with van der Waals surface area (Å²) in [6, 6.07) is 9.32. The summed E-state index contributed by atoms with van der Waals surface area (Å²) in [5.41, 5.74) is 2.67. The van der Waals surface area contributed by atoms with Gasteiger partial charge in [0, 0.05) is 36.6 Å². The lowest BCUT2D eigenvalue weighted by Gasteiger charge is -2.20. The minimum atomic E-state index is -0.238. The topological polar surface area (TPSA) is 74.3 Å². The monoisotopic (exact) mass is 392 g/mol. The number of piperidine rings is 1. The number of anilines is 2. The highest BCUT2D eigenvalue weighted by Crippen LogP contribution is 2.51. The molecule has 0 radical (unpaired) electrons. The van der Waals surface area contributed by atoms with Gasteiger partial charge in [0.05, 0.1) is 5.56 Å². The van der Waals surface area contributed by atoms with Crippen molar-refractivity contribution in [3.8, 4) is 0 Å². The van der Waals surface area contributed by atoms with Crippen molar-refractivity contribution in [1.82, 2.24) is 9.88 Å². The fourth-order valence-electron chi connectivity index (χ4n) is 4.17. The molecule has 2 aliphatic rings. The standard InChI is InChI=1S/C23H28N4O2/c1-13(2)25-21-8-7-17(10-24-21)22(28)26-20-9-16(6-5-14(20)3)23(29)27-11-18-15(4)19(18)12-27/h5-10,13,15,18-19H,11-12H2,1-4H3,(H,24,25)(H,26,28)/t15?,18-,19+. The number of nitrogens with zero attached hydrogens (tertiary/aromatic N) is 2. The van der Waals surface area contributed by atoms with Crippen LogP contribution < -0.4 is 10.6 Å². The molecule has 152 valence electrons. The van der Waals surface area contributed by atoms with Crippen LogP contribution in [0.4, 0.5) is 11.5 Å². The van der Waals surface area contributed by atoms with Gasteiger partial charge in [-0.15, -0.1) is 0 Å². The Balaban J connectivity index is 1.45. The van der Waals surface area contributed by atoms with Gasteiger partial charge in [-0.05, 0) is 68.4 Å². The van der Waals surface area contributed by atoms with E-state index >= 15 is 0 Å². The Bertz CT molecular complexity index is 926. The number of aryl methyl sites for hydroxylation is 1. The molecule has 1 aromatic carbocycles. The third-order valence-electron chi connectivity index (χ3n) is 6.10. The third-order valence-corrected chi connectivity index (χ3v) is 6.10. The molecule has 1 unspecified atom stereocenters. The summed E-state index contributed by atoms with van der Waals surface area (Å²) in [4.78, 5) is 31.7. The summed E-state index contributed by atoms with van der Waals surface area (Å²) < 4.78 is 0. The number of carbonyl (C=O) groups is 2. The fourth-order valence-corrected chi connectivity index (χ4v) is 4.17. The first-order valence-electron chi connectivity index (χ1n) is 10.3. The highest BCUT2D eigenvalue weighted by molar-refractivity contribution is 6.05. The molecule has 2 fully saturated rings. The lowest BCUT2D eigenvalue weighted by Crippen LogP contribution is -2.31. The normalized spacial score (nSPS) is 22.4. The maximum absolute atomic E-state index is 12.9. The number of amides is 2. The van der Waals surface area contributed by atoms with Crippen LogP contribution in [-0.2, 0) is 0 Å². The number of rotatable bonds is 5. The Hall–Kier alpha value is -2.89. The van der Waals surface area contributed by atoms with Crippen LogP contribution in [0.25, 0.3) is 0 Å². The van der Waals surface area contributed by atoms with Gasteiger partial charge in [-0.1, -0.05) is 13.0 Å². The fraction of sp³-hybridized carbons (Fsp3) is 0.435. The molecule has 1 saturated heterocycles. The molecule has 6 nitrogen and oxygen atoms in total. The van der Waals surface area contributed by atoms with Crippen molar-refractivity contribution in [3.63, 3.8) is 0 Å². The average Bonchev–Trinajstić information content (AvgIpc) is 3.09. The molecule has 1 aliphatic carbocycles. The third kappa shape index (κ3) is 3.97. The maximum Gasteiger partial charge on any atom is 0.257 e. The number of carbonyl (C=O) groups excluding carboxylic acids is 2. The van der Waals surface area contributed by atoms with Gasteiger partial charge in [0.25, 0.3) is 11.8 Å². The van der Waals surface area contributed by atoms with E-state index in [-0.39, 0.29) is 17.9 Å². The van der Waals surface area contributed by atoms with Crippen molar-refractivity contribution >= 4 is 23.3 Å². The Morgan fingerprint density at radius 2 is 1.79 bits per heavy atom. The SMILES string of the molecule is Cc1ccc(C(=O)N2C[C@@H]3C(C)[C@@H]3C2)cc1NC(=O)c1ccc(NC(C)C)nc1. The van der Waals surface area contributed by atoms with E-state index in [2.05, 4.69) is 22.5 Å². The smallest absolute Gasteiger partial charge is 0.257 e. The summed E-state index contributed by atoms with van der Waals surface area (Å²) >= 11 is 0. The van der Waals surface area contributed by atoms with E-state index in [0.29, 0.717) is 28.7 Å². The van der Waals surface area contributed by atoms with Crippen molar-refractivity contribution in [2.75, 3.05) is 23.7 Å². The molecule has 4 rings (SSSR count). The van der Waals surface area contributed by atoms with Gasteiger partial charge in [-0.25, -0.2) is 4.98 Å². The van der Waals surface area contributed by atoms with Gasteiger partial charge < -0.3 is 15.5 Å². The molecule has 3 atom stereocenters. The van der Waals surface area contributed by atoms with Crippen LogP contribution in [0.5, 0.6) is 0 Å². The molecule has 1 aliphatic heterocycles. The van der Waals surface area contributed by atoms with Gasteiger partial charge in [-0.2, -0.15) is 0 Å². The molecule has 6 heteroatoms. The second-order valence-corrected chi connectivity index (χ2v) is 8.61. The molecule has 2 aromatic rings. The van der Waals surface area contributed by atoms with E-state index < -0.39 is 0 Å². The number of hydrogen-bond donors (Lipinski definition) is 2. The van der Waals surface area contributed by atoms with Crippen molar-refractivity contribution in [1.29, 1.82) is 0 Å². The molecular weight excluding hydrogens is 364 g/mol. The quantitative estimate of drug-likeness (QED) is 0.812. The Morgan fingerprint density at radius 1 is 1.10 bits per heavy atom. The van der Waals surface area contributed by atoms with E-state index in [1.807, 2.05) is 37.8 Å². The first-order chi connectivity index (χ1) is 13.8. The van der Waals surface area contributed by atoms with Crippen LogP contribution in [-0.4, -0.2) is 40.8 Å². The van der Waals surface area contributed by atoms with E-state index in [1.54, 1.807) is 24.4 Å². The van der Waals surface area contributed by atoms with Gasteiger partial charge in [0.1, 0.15) is 5.82 Å². The van der Waals surface area contributed by atoms with Crippen LogP contribution in [0.1, 0.15) is 47.1 Å². The van der Waals surface area contributed by atoms with Gasteiger partial charge in [0.2, 0.25) is 0 Å². The molecule has 2 heterocycles. The second kappa shape index (κ2) is 7.50. The van der Waals surface area contributed by atoms with Crippen LogP contribution in [0.3, 0.4) is 0 Å². The predicted molar refractivity (Wildman–Crippen MR) is 114 cm³/mol. The molecule has 0 spiro atoms. The summed E-state index contributed by atoms with van der Waals surface area (Å²) in [6.45, 7) is 9.95. The molecule has 2 amide bonds. The zero-order valence-electron chi connectivity index (χ0n) is 17.4. The minimum Gasteiger partial charge on any atom is -0.368 e. The summed E-state index contributed by atoms with van der Waals surface area (Å²) in [7, 11) is 0. The van der Waals surface area contributed by atoms with Crippen molar-refractivity contribution in [3.05, 3.63) is 53.2 Å². The van der Waals surface area contributed by atoms with Crippen LogP contribution >= 0.6 is 0 Å². The van der Waals surface area contributed by atoms with Gasteiger partial charge in [0.15, 0.2) is 0 Å². The second-order valence-electron chi connectivity index (χ2n) is 8.61. The predicted octanol–water partition coefficient (Wildman–Crippen LogP) is 3.80. The van der Waals surface area contributed by atoms with E-state index in [4.69, 9.17) is 0 Å². The number of hydrogen-bond acceptors (Lipinski definition) is 4. The lowest BCUT2D eigenvalue weighted by molar-refractivity contribution is 0.0769. The van der Waals surface area contributed by atoms with Gasteiger partial charge in [-0.3, -0.25) is 9.59 Å². The zero-order chi connectivity index (χ0) is 20.7. The largest absolute Gasteiger partial charge is 0.368 e. The molecule has 29 heavy (non-hydrogen) atoms. The van der Waals surface area contributed by atoms with Crippen molar-refractivity contribution in [2.45, 2.75) is 33.7 Å². The minimum absolute atomic E-state index is 0.0469. The number of likely N-dealkylation sites (tertiary alicyclic amines) is 1. The Labute approximate surface area is 171 Å². The highest BCUT2D eigenvalue weighted by atomic mass is 16.2. The van der Waals surface area contributed by atoms with Crippen molar-refractivity contribution < 1.29 is 9.59 Å². The molecule has 1 aromatic heterocycles. The van der Waals surface area contributed by atoms with Crippen LogP contribution in [0.15, 0.2) is 36.5 Å². The van der Waals surface area contributed by atoms with E-state index in [0.717, 1.165) is 30.4 Å². The van der Waals surface area contributed by atoms with Crippen molar-refractivity contribution in [2.24, 2.45) is 17.8 Å². The first kappa shape index (κ1) is 19.4. The lowest BCUT2D eigenvalue weighted by atomic mass is 10.1. The number of nitrogens with one attached hydrogen (secondary N) is 2. The molecule has 2 N–H and O–H groups in total. The average molecular weight is 393 g/mol. The number of aromatic nitrogens is 1. The Morgan fingerprint density at radius 3 is 2.41 bits per heavy atom.